The number of aliphatic hydroxyl groups is 1. The van der Waals surface area contributed by atoms with Gasteiger partial charge in [-0.2, -0.15) is 0 Å². The van der Waals surface area contributed by atoms with E-state index in [2.05, 4.69) is 4.90 Å². The first-order chi connectivity index (χ1) is 11.0. The van der Waals surface area contributed by atoms with Gasteiger partial charge in [0.05, 0.1) is 25.4 Å². The molecule has 3 heterocycles. The van der Waals surface area contributed by atoms with E-state index in [4.69, 9.17) is 4.74 Å². The Morgan fingerprint density at radius 2 is 1.74 bits per heavy atom. The van der Waals surface area contributed by atoms with Crippen molar-refractivity contribution < 1.29 is 29.6 Å². The van der Waals surface area contributed by atoms with Gasteiger partial charge in [0, 0.05) is 38.3 Å². The normalized spacial score (nSPS) is 35.2. The maximum Gasteiger partial charge on any atom is 0.137 e. The third kappa shape index (κ3) is 3.36. The fourth-order valence-electron chi connectivity index (χ4n) is 3.92. The molecule has 3 saturated heterocycles. The zero-order valence-electron chi connectivity index (χ0n) is 12.8. The lowest BCUT2D eigenvalue weighted by molar-refractivity contribution is -0.279. The standard InChI is InChI=1S/C14H23N3O6/c18-12-3-9-7-23-8-10(4-12)17(9)6-11-5-15(13(19)20)1-2-16(11)14(21)22/h9-12,18H,1-8H2,(H,19,20)(H,21,22)/p-2/t9?,10?,11-,12?/m1/s1. The van der Waals surface area contributed by atoms with Crippen LogP contribution >= 0.6 is 0 Å². The third-order valence-electron chi connectivity index (χ3n) is 5.04. The zero-order chi connectivity index (χ0) is 16.6. The molecule has 0 saturated carbocycles. The molecule has 0 spiro atoms. The zero-order valence-corrected chi connectivity index (χ0v) is 12.8. The molecule has 1 N–H and O–H groups in total. The van der Waals surface area contributed by atoms with Gasteiger partial charge in [0.25, 0.3) is 0 Å². The molecule has 3 aliphatic heterocycles. The molecule has 0 aromatic rings. The number of rotatable bonds is 2. The van der Waals surface area contributed by atoms with E-state index in [0.717, 1.165) is 4.90 Å². The molecule has 130 valence electrons. The van der Waals surface area contributed by atoms with Crippen molar-refractivity contribution in [1.82, 2.24) is 14.7 Å². The number of fused-ring (bicyclic) bond motifs is 2. The molecule has 0 aromatic carbocycles. The first kappa shape index (κ1) is 16.3. The van der Waals surface area contributed by atoms with E-state index in [1.807, 2.05) is 0 Å². The highest BCUT2D eigenvalue weighted by Gasteiger charge is 2.41. The Hall–Kier alpha value is -1.58. The number of morpholine rings is 1. The monoisotopic (exact) mass is 327 g/mol. The number of carbonyl (C=O) groups is 2. The largest absolute Gasteiger partial charge is 0.530 e. The van der Waals surface area contributed by atoms with Crippen LogP contribution in [0.25, 0.3) is 0 Å². The van der Waals surface area contributed by atoms with E-state index in [-0.39, 0.29) is 37.8 Å². The summed E-state index contributed by atoms with van der Waals surface area (Å²) in [6.07, 6.45) is -1.78. The molecule has 3 aliphatic rings. The second-order valence-electron chi connectivity index (χ2n) is 6.49. The van der Waals surface area contributed by atoms with E-state index < -0.39 is 18.2 Å². The number of ether oxygens (including phenoxy) is 1. The Bertz CT molecular complexity index is 461. The minimum Gasteiger partial charge on any atom is -0.530 e. The molecule has 0 aliphatic carbocycles. The Balaban J connectivity index is 1.72. The Labute approximate surface area is 134 Å². The summed E-state index contributed by atoms with van der Waals surface area (Å²) in [5.74, 6) is 0. The number of hydrogen-bond acceptors (Lipinski definition) is 7. The predicted molar refractivity (Wildman–Crippen MR) is 73.2 cm³/mol. The molecule has 23 heavy (non-hydrogen) atoms. The van der Waals surface area contributed by atoms with Crippen LogP contribution in [-0.4, -0.2) is 95.6 Å². The number of amides is 2. The maximum atomic E-state index is 11.3. The van der Waals surface area contributed by atoms with Gasteiger partial charge in [-0.15, -0.1) is 0 Å². The highest BCUT2D eigenvalue weighted by Crippen LogP contribution is 2.28. The van der Waals surface area contributed by atoms with Crippen LogP contribution in [-0.2, 0) is 4.74 Å². The van der Waals surface area contributed by atoms with Crippen molar-refractivity contribution in [3.8, 4) is 0 Å². The summed E-state index contributed by atoms with van der Waals surface area (Å²) >= 11 is 0. The van der Waals surface area contributed by atoms with Crippen LogP contribution < -0.4 is 10.2 Å². The molecule has 2 amide bonds. The summed E-state index contributed by atoms with van der Waals surface area (Å²) in [5.41, 5.74) is 0. The molecule has 3 rings (SSSR count). The maximum absolute atomic E-state index is 11.3. The molecular formula is C14H21N3O6-2. The average Bonchev–Trinajstić information content (AvgIpc) is 2.47. The van der Waals surface area contributed by atoms with Gasteiger partial charge in [0.15, 0.2) is 0 Å². The van der Waals surface area contributed by atoms with Crippen LogP contribution in [0, 0.1) is 0 Å². The van der Waals surface area contributed by atoms with E-state index in [9.17, 15) is 24.9 Å². The molecule has 3 fully saturated rings. The van der Waals surface area contributed by atoms with Crippen molar-refractivity contribution in [2.45, 2.75) is 37.1 Å². The van der Waals surface area contributed by atoms with Crippen molar-refractivity contribution in [1.29, 1.82) is 0 Å². The number of piperazine rings is 1. The fraction of sp³-hybridized carbons (Fsp3) is 0.857. The van der Waals surface area contributed by atoms with Gasteiger partial charge < -0.3 is 39.4 Å². The summed E-state index contributed by atoms with van der Waals surface area (Å²) < 4.78 is 5.53. The third-order valence-corrected chi connectivity index (χ3v) is 5.04. The van der Waals surface area contributed by atoms with Crippen molar-refractivity contribution in [2.75, 3.05) is 39.4 Å². The molecular weight excluding hydrogens is 306 g/mol. The Kier molecular flexibility index (Phi) is 4.60. The van der Waals surface area contributed by atoms with Gasteiger partial charge in [0.1, 0.15) is 12.2 Å². The minimum atomic E-state index is -1.29. The number of carbonyl (C=O) groups excluding carboxylic acids is 2. The highest BCUT2D eigenvalue weighted by molar-refractivity contribution is 5.66. The van der Waals surface area contributed by atoms with Crippen LogP contribution in [0.5, 0.6) is 0 Å². The fourth-order valence-corrected chi connectivity index (χ4v) is 3.92. The number of aliphatic hydroxyl groups excluding tert-OH is 1. The van der Waals surface area contributed by atoms with Gasteiger partial charge in [-0.25, -0.2) is 0 Å². The molecule has 2 bridgehead atoms. The average molecular weight is 327 g/mol. The van der Waals surface area contributed by atoms with Gasteiger partial charge in [0.2, 0.25) is 0 Å². The van der Waals surface area contributed by atoms with E-state index in [1.165, 1.54) is 4.90 Å². The Morgan fingerprint density at radius 3 is 2.30 bits per heavy atom. The number of hydrogen-bond donors (Lipinski definition) is 1. The smallest absolute Gasteiger partial charge is 0.137 e. The molecule has 0 radical (unpaired) electrons. The number of piperidine rings is 1. The number of carboxylic acid groups (broad SMARTS) is 2. The van der Waals surface area contributed by atoms with Crippen LogP contribution in [0.2, 0.25) is 0 Å². The summed E-state index contributed by atoms with van der Waals surface area (Å²) in [7, 11) is 0. The van der Waals surface area contributed by atoms with Crippen molar-refractivity contribution >= 4 is 12.2 Å². The van der Waals surface area contributed by atoms with Crippen molar-refractivity contribution in [3.05, 3.63) is 0 Å². The van der Waals surface area contributed by atoms with Gasteiger partial charge >= 0.3 is 0 Å². The van der Waals surface area contributed by atoms with Crippen LogP contribution in [0.15, 0.2) is 0 Å². The Morgan fingerprint density at radius 1 is 1.09 bits per heavy atom. The molecule has 3 atom stereocenters. The summed E-state index contributed by atoms with van der Waals surface area (Å²) in [5, 5.41) is 32.3. The van der Waals surface area contributed by atoms with E-state index in [1.54, 1.807) is 0 Å². The van der Waals surface area contributed by atoms with Gasteiger partial charge in [-0.3, -0.25) is 4.90 Å². The minimum absolute atomic E-state index is 0.0273. The predicted octanol–water partition coefficient (Wildman–Crippen LogP) is -3.12. The van der Waals surface area contributed by atoms with Crippen molar-refractivity contribution in [2.24, 2.45) is 0 Å². The lowest BCUT2D eigenvalue weighted by atomic mass is 9.91. The summed E-state index contributed by atoms with van der Waals surface area (Å²) in [6, 6.07) is -0.441. The first-order valence-corrected chi connectivity index (χ1v) is 7.90. The van der Waals surface area contributed by atoms with Gasteiger partial charge in [-0.1, -0.05) is 0 Å². The highest BCUT2D eigenvalue weighted by atomic mass is 16.5. The topological polar surface area (TPSA) is 119 Å². The summed E-state index contributed by atoms with van der Waals surface area (Å²) in [6.45, 7) is 1.66. The van der Waals surface area contributed by atoms with Crippen LogP contribution in [0.3, 0.4) is 0 Å². The number of nitrogens with zero attached hydrogens (tertiary/aromatic N) is 3. The van der Waals surface area contributed by atoms with Crippen LogP contribution in [0.4, 0.5) is 9.59 Å². The molecule has 9 nitrogen and oxygen atoms in total. The van der Waals surface area contributed by atoms with E-state index in [0.29, 0.717) is 32.6 Å². The SMILES string of the molecule is O=C([O-])N1CCN(C(=O)[O-])[C@@H](CN2C3COCC2CC(O)C3)C1. The van der Waals surface area contributed by atoms with Gasteiger partial charge in [-0.05, 0) is 12.8 Å². The quantitative estimate of drug-likeness (QED) is 0.570. The van der Waals surface area contributed by atoms with Crippen LogP contribution in [0.1, 0.15) is 12.8 Å². The summed E-state index contributed by atoms with van der Waals surface area (Å²) in [4.78, 5) is 26.9. The molecule has 0 aromatic heterocycles. The van der Waals surface area contributed by atoms with Crippen molar-refractivity contribution in [3.63, 3.8) is 0 Å². The second-order valence-corrected chi connectivity index (χ2v) is 6.49. The first-order valence-electron chi connectivity index (χ1n) is 7.90. The lowest BCUT2D eigenvalue weighted by Crippen LogP contribution is -2.67. The van der Waals surface area contributed by atoms with E-state index >= 15 is 0 Å². The molecule has 9 heteroatoms. The lowest BCUT2D eigenvalue weighted by Gasteiger charge is -2.51. The second kappa shape index (κ2) is 6.50. The molecule has 2 unspecified atom stereocenters.